The summed E-state index contributed by atoms with van der Waals surface area (Å²) in [6, 6.07) is -0.247. The van der Waals surface area contributed by atoms with E-state index in [2.05, 4.69) is 28.5 Å². The van der Waals surface area contributed by atoms with Crippen molar-refractivity contribution in [2.75, 3.05) is 20.2 Å². The molecule has 0 aliphatic carbocycles. The fourth-order valence-electron chi connectivity index (χ4n) is 2.61. The first-order valence-corrected chi connectivity index (χ1v) is 9.89. The van der Waals surface area contributed by atoms with Crippen molar-refractivity contribution in [3.8, 4) is 0 Å². The molecule has 0 bridgehead atoms. The van der Waals surface area contributed by atoms with Crippen LogP contribution in [0, 0.1) is 0 Å². The summed E-state index contributed by atoms with van der Waals surface area (Å²) in [4.78, 5) is 22.5. The largest absolute Gasteiger partial charge is 0.466 e. The van der Waals surface area contributed by atoms with Gasteiger partial charge < -0.3 is 9.64 Å². The van der Waals surface area contributed by atoms with Gasteiger partial charge in [0.25, 0.3) is 0 Å². The second-order valence-electron chi connectivity index (χ2n) is 5.48. The monoisotopic (exact) mass is 386 g/mol. The first-order valence-electron chi connectivity index (χ1n) is 7.90. The number of thiazole rings is 1. The quantitative estimate of drug-likeness (QED) is 0.601. The van der Waals surface area contributed by atoms with Crippen molar-refractivity contribution in [2.45, 2.75) is 32.7 Å². The molecule has 2 atom stereocenters. The summed E-state index contributed by atoms with van der Waals surface area (Å²) in [5, 5.41) is 2.61. The number of hydrogen-bond acceptors (Lipinski definition) is 7. The number of aliphatic imine (C=N–C) groups is 1. The number of carbonyl (C=O) groups is 1. The molecule has 1 aromatic heterocycles. The third-order valence-corrected chi connectivity index (χ3v) is 4.79. The molecule has 0 amide bonds. The highest BCUT2D eigenvalue weighted by Crippen LogP contribution is 2.31. The second kappa shape index (κ2) is 9.18. The van der Waals surface area contributed by atoms with E-state index in [1.165, 1.54) is 24.9 Å². The first kappa shape index (κ1) is 19.7. The molecule has 0 saturated carbocycles. The van der Waals surface area contributed by atoms with Gasteiger partial charge in [0.05, 0.1) is 19.2 Å². The number of fused-ring (bicyclic) bond motifs is 1. The Morgan fingerprint density at radius 1 is 1.56 bits per heavy atom. The molecule has 3 heterocycles. The van der Waals surface area contributed by atoms with E-state index in [0.29, 0.717) is 24.4 Å². The lowest BCUT2D eigenvalue weighted by Gasteiger charge is -2.26. The molecule has 2 aliphatic heterocycles. The van der Waals surface area contributed by atoms with E-state index in [4.69, 9.17) is 9.29 Å². The Kier molecular flexibility index (Phi) is 7.24. The zero-order chi connectivity index (χ0) is 18.4. The molecule has 1 fully saturated rings. The highest BCUT2D eigenvalue weighted by Gasteiger charge is 2.37. The third kappa shape index (κ3) is 4.72. The van der Waals surface area contributed by atoms with Crippen LogP contribution in [0.25, 0.3) is 0 Å². The van der Waals surface area contributed by atoms with Crippen LogP contribution in [0.15, 0.2) is 27.8 Å². The number of nitrogens with one attached hydrogen (secondary N) is 1. The van der Waals surface area contributed by atoms with Gasteiger partial charge in [-0.05, 0) is 0 Å². The number of rotatable bonds is 4. The van der Waals surface area contributed by atoms with Gasteiger partial charge in [0.2, 0.25) is 11.3 Å². The molecular weight excluding hydrogens is 364 g/mol. The maximum Gasteiger partial charge on any atom is 0.337 e. The van der Waals surface area contributed by atoms with Gasteiger partial charge in [0.1, 0.15) is 0 Å². The van der Waals surface area contributed by atoms with Crippen LogP contribution in [0.1, 0.15) is 31.7 Å². The van der Waals surface area contributed by atoms with Gasteiger partial charge in [-0.25, -0.2) is 18.7 Å². The predicted octanol–water partition coefficient (Wildman–Crippen LogP) is 1.55. The maximum absolute atomic E-state index is 11.9. The Morgan fingerprint density at radius 2 is 2.28 bits per heavy atom. The van der Waals surface area contributed by atoms with Crippen LogP contribution in [0.3, 0.4) is 0 Å². The number of amidine groups is 1. The van der Waals surface area contributed by atoms with Gasteiger partial charge in [-0.1, -0.05) is 20.3 Å². The molecule has 138 valence electrons. The van der Waals surface area contributed by atoms with E-state index >= 15 is 0 Å². The molecule has 0 radical (unpaired) electrons. The zero-order valence-electron chi connectivity index (χ0n) is 14.4. The lowest BCUT2D eigenvalue weighted by atomic mass is 10.1. The molecule has 1 aromatic rings. The zero-order valence-corrected chi connectivity index (χ0v) is 16.0. The van der Waals surface area contributed by atoms with Crippen LogP contribution in [-0.4, -0.2) is 56.7 Å². The van der Waals surface area contributed by atoms with Gasteiger partial charge in [-0.3, -0.25) is 9.55 Å². The van der Waals surface area contributed by atoms with Crippen molar-refractivity contribution < 1.29 is 18.3 Å². The molecule has 2 aliphatic rings. The summed E-state index contributed by atoms with van der Waals surface area (Å²) < 4.78 is 27.4. The Balaban J connectivity index is 0.000000701. The molecule has 0 aromatic carbocycles. The molecule has 25 heavy (non-hydrogen) atoms. The fraction of sp³-hybridized carbons (Fsp3) is 0.533. The topological polar surface area (TPSA) is 104 Å². The summed E-state index contributed by atoms with van der Waals surface area (Å²) >= 11 is -0.652. The van der Waals surface area contributed by atoms with Crippen LogP contribution in [0.2, 0.25) is 0 Å². The summed E-state index contributed by atoms with van der Waals surface area (Å²) in [6.07, 6.45) is 3.40. The Labute approximate surface area is 153 Å². The van der Waals surface area contributed by atoms with E-state index in [9.17, 15) is 9.00 Å². The van der Waals surface area contributed by atoms with Crippen molar-refractivity contribution >= 4 is 34.4 Å². The maximum atomic E-state index is 11.9. The number of hydrogen-bond donors (Lipinski definition) is 2. The number of esters is 1. The smallest absolute Gasteiger partial charge is 0.337 e. The Hall–Kier alpha value is -1.62. The fourth-order valence-corrected chi connectivity index (χ4v) is 3.71. The van der Waals surface area contributed by atoms with Gasteiger partial charge in [0.15, 0.2) is 10.8 Å². The lowest BCUT2D eigenvalue weighted by molar-refractivity contribution is -0.136. The molecule has 1 saturated heterocycles. The van der Waals surface area contributed by atoms with Gasteiger partial charge >= 0.3 is 5.97 Å². The van der Waals surface area contributed by atoms with Crippen molar-refractivity contribution in [3.63, 3.8) is 0 Å². The first-order chi connectivity index (χ1) is 12.0. The standard InChI is InChI=1S/C12H14N4O4S2.C3H8/c1-20-12(17)8-5-14-10(11-13-2-3-21-11)16-6-7(4-9(8)16)15-22(18)19;1-3-2/h2-3,7,15H,4-6H2,1H3,(H,18,19);3H2,1-2H3. The predicted molar refractivity (Wildman–Crippen MR) is 97.5 cm³/mol. The van der Waals surface area contributed by atoms with Gasteiger partial charge in [-0.2, -0.15) is 0 Å². The molecule has 3 rings (SSSR count). The number of carbonyl (C=O) groups excluding carboxylic acids is 1. The lowest BCUT2D eigenvalue weighted by Crippen LogP contribution is -2.37. The van der Waals surface area contributed by atoms with Gasteiger partial charge in [0, 0.05) is 36.3 Å². The van der Waals surface area contributed by atoms with Crippen LogP contribution in [-0.2, 0) is 20.8 Å². The van der Waals surface area contributed by atoms with Crippen LogP contribution in [0.4, 0.5) is 0 Å². The van der Waals surface area contributed by atoms with Crippen molar-refractivity contribution in [1.82, 2.24) is 14.6 Å². The highest BCUT2D eigenvalue weighted by molar-refractivity contribution is 7.77. The van der Waals surface area contributed by atoms with Crippen molar-refractivity contribution in [1.29, 1.82) is 0 Å². The molecule has 0 spiro atoms. The van der Waals surface area contributed by atoms with E-state index in [-0.39, 0.29) is 12.6 Å². The Morgan fingerprint density at radius 3 is 2.84 bits per heavy atom. The minimum Gasteiger partial charge on any atom is -0.466 e. The number of methoxy groups -OCH3 is 1. The molecule has 2 unspecified atom stereocenters. The van der Waals surface area contributed by atoms with E-state index in [1.807, 2.05) is 10.3 Å². The van der Waals surface area contributed by atoms with Crippen LogP contribution >= 0.6 is 11.3 Å². The Bertz CT molecular complexity index is 688. The van der Waals surface area contributed by atoms with Crippen molar-refractivity contribution in [2.24, 2.45) is 4.99 Å². The van der Waals surface area contributed by atoms with E-state index in [1.54, 1.807) is 6.20 Å². The number of aromatic nitrogens is 1. The SMILES string of the molecule is CCC.COC(=O)C1=C2CC(NS(=O)O)CN2C(c2nccs2)=NC1. The minimum atomic E-state index is -2.11. The van der Waals surface area contributed by atoms with Crippen molar-refractivity contribution in [3.05, 3.63) is 27.9 Å². The second-order valence-corrected chi connectivity index (χ2v) is 7.11. The van der Waals surface area contributed by atoms with E-state index in [0.717, 1.165) is 10.7 Å². The summed E-state index contributed by atoms with van der Waals surface area (Å²) in [5.41, 5.74) is 1.26. The third-order valence-electron chi connectivity index (χ3n) is 3.48. The molecule has 8 nitrogen and oxygen atoms in total. The summed E-state index contributed by atoms with van der Waals surface area (Å²) in [5.74, 6) is 0.262. The average molecular weight is 386 g/mol. The normalized spacial score (nSPS) is 20.4. The highest BCUT2D eigenvalue weighted by atomic mass is 32.2. The van der Waals surface area contributed by atoms with Crippen LogP contribution < -0.4 is 4.72 Å². The average Bonchev–Trinajstić information content (AvgIpc) is 3.22. The molecular formula is C15H22N4O4S2. The summed E-state index contributed by atoms with van der Waals surface area (Å²) in [6.45, 7) is 4.92. The molecule has 10 heteroatoms. The summed E-state index contributed by atoms with van der Waals surface area (Å²) in [7, 11) is 1.33. The number of nitrogens with zero attached hydrogens (tertiary/aromatic N) is 3. The van der Waals surface area contributed by atoms with E-state index < -0.39 is 17.2 Å². The minimum absolute atomic E-state index is 0.225. The molecule has 2 N–H and O–H groups in total. The van der Waals surface area contributed by atoms with Crippen LogP contribution in [0.5, 0.6) is 0 Å². The number of ether oxygens (including phenoxy) is 1. The van der Waals surface area contributed by atoms with Gasteiger partial charge in [-0.15, -0.1) is 11.3 Å².